The summed E-state index contributed by atoms with van der Waals surface area (Å²) in [6.07, 6.45) is -1.36. The molecule has 0 aliphatic rings. The lowest BCUT2D eigenvalue weighted by Gasteiger charge is -2.07. The summed E-state index contributed by atoms with van der Waals surface area (Å²) in [5, 5.41) is 34.5. The van der Waals surface area contributed by atoms with Gasteiger partial charge in [-0.25, -0.2) is 0 Å². The number of aliphatic hydroxyl groups is 4. The second-order valence-corrected chi connectivity index (χ2v) is 3.65. The van der Waals surface area contributed by atoms with Crippen molar-refractivity contribution in [2.24, 2.45) is 0 Å². The smallest absolute Gasteiger partial charge is 0.0743 e. The van der Waals surface area contributed by atoms with E-state index in [0.29, 0.717) is 21.6 Å². The number of hydrogen-bond donors (Lipinski definition) is 4. The first-order chi connectivity index (χ1) is 5.20. The molecule has 0 aliphatic carbocycles. The van der Waals surface area contributed by atoms with Crippen LogP contribution in [0.2, 0.25) is 12.1 Å². The minimum atomic E-state index is -0.681. The Labute approximate surface area is 68.3 Å². The Bertz CT molecular complexity index is 80.7. The van der Waals surface area contributed by atoms with Gasteiger partial charge in [0.05, 0.1) is 25.4 Å². The van der Waals surface area contributed by atoms with Gasteiger partial charge in [0.25, 0.3) is 0 Å². The third kappa shape index (κ3) is 6.45. The van der Waals surface area contributed by atoms with Crippen molar-refractivity contribution in [1.29, 1.82) is 0 Å². The lowest BCUT2D eigenvalue weighted by molar-refractivity contribution is 0.104. The average Bonchev–Trinajstić information content (AvgIpc) is 2.04. The van der Waals surface area contributed by atoms with Gasteiger partial charge in [0.15, 0.2) is 0 Å². The Kier molecular flexibility index (Phi) is 6.78. The number of hydrogen-bond acceptors (Lipinski definition) is 4. The quantitative estimate of drug-likeness (QED) is 0.363. The highest BCUT2D eigenvalue weighted by molar-refractivity contribution is 6.35. The normalized spacial score (nSPS) is 16.4. The van der Waals surface area contributed by atoms with Crippen LogP contribution >= 0.6 is 0 Å². The van der Waals surface area contributed by atoms with E-state index < -0.39 is 12.2 Å². The van der Waals surface area contributed by atoms with Crippen molar-refractivity contribution in [1.82, 2.24) is 0 Å². The molecule has 0 fully saturated rings. The van der Waals surface area contributed by atoms with Crippen LogP contribution in [0.5, 0.6) is 0 Å². The molecule has 5 heteroatoms. The van der Waals surface area contributed by atoms with Gasteiger partial charge in [0, 0.05) is 9.52 Å². The molecule has 0 aromatic rings. The molecule has 0 saturated carbocycles. The third-order valence-corrected chi connectivity index (χ3v) is 2.70. The van der Waals surface area contributed by atoms with Crippen molar-refractivity contribution in [3.05, 3.63) is 0 Å². The van der Waals surface area contributed by atoms with Gasteiger partial charge in [-0.2, -0.15) is 0 Å². The maximum atomic E-state index is 8.86. The van der Waals surface area contributed by atoms with Crippen LogP contribution < -0.4 is 0 Å². The largest absolute Gasteiger partial charge is 0.394 e. The highest BCUT2D eigenvalue weighted by atomic mass is 28.2. The fraction of sp³-hybridized carbons (Fsp3) is 1.00. The topological polar surface area (TPSA) is 80.9 Å². The number of rotatable bonds is 6. The monoisotopic (exact) mass is 178 g/mol. The van der Waals surface area contributed by atoms with E-state index in [1.807, 2.05) is 0 Å². The van der Waals surface area contributed by atoms with E-state index in [1.54, 1.807) is 0 Å². The van der Waals surface area contributed by atoms with Crippen LogP contribution in [0.25, 0.3) is 0 Å². The molecule has 2 atom stereocenters. The molecule has 0 spiro atoms. The molecule has 0 amide bonds. The molecular weight excluding hydrogens is 164 g/mol. The highest BCUT2D eigenvalue weighted by Gasteiger charge is 2.05. The molecule has 4 N–H and O–H groups in total. The first-order valence-electron chi connectivity index (χ1n) is 3.49. The van der Waals surface area contributed by atoms with E-state index in [0.717, 1.165) is 0 Å². The molecule has 0 aromatic heterocycles. The molecule has 0 heterocycles. The predicted octanol–water partition coefficient (Wildman–Crippen LogP) is -1.77. The van der Waals surface area contributed by atoms with Gasteiger partial charge in [-0.15, -0.1) is 0 Å². The summed E-state index contributed by atoms with van der Waals surface area (Å²) in [5.41, 5.74) is 0. The molecule has 0 bridgehead atoms. The molecule has 11 heavy (non-hydrogen) atoms. The van der Waals surface area contributed by atoms with E-state index in [1.165, 1.54) is 0 Å². The van der Waals surface area contributed by atoms with Gasteiger partial charge in [-0.1, -0.05) is 0 Å². The SMILES string of the molecule is OCC(O)C[Si]CC(O)CO. The van der Waals surface area contributed by atoms with Gasteiger partial charge in [-0.05, 0) is 12.1 Å². The third-order valence-electron chi connectivity index (χ3n) is 1.18. The molecule has 0 aromatic carbocycles. The Balaban J connectivity index is 3.13. The van der Waals surface area contributed by atoms with Gasteiger partial charge in [0.1, 0.15) is 0 Å². The Morgan fingerprint density at radius 2 is 1.27 bits per heavy atom. The molecule has 2 unspecified atom stereocenters. The molecule has 4 nitrogen and oxygen atoms in total. The van der Waals surface area contributed by atoms with Crippen LogP contribution in [-0.4, -0.2) is 55.4 Å². The van der Waals surface area contributed by atoms with Gasteiger partial charge >= 0.3 is 0 Å². The second kappa shape index (κ2) is 6.75. The summed E-state index contributed by atoms with van der Waals surface area (Å²) in [6, 6.07) is 0.987. The number of aliphatic hydroxyl groups excluding tert-OH is 4. The first kappa shape index (κ1) is 11.1. The molecule has 2 radical (unpaired) electrons. The zero-order chi connectivity index (χ0) is 8.69. The van der Waals surface area contributed by atoms with Crippen molar-refractivity contribution in [2.45, 2.75) is 24.3 Å². The van der Waals surface area contributed by atoms with Crippen LogP contribution in [0.4, 0.5) is 0 Å². The Hall–Kier alpha value is 0.0569. The summed E-state index contributed by atoms with van der Waals surface area (Å²) in [5.74, 6) is 0. The maximum absolute atomic E-state index is 8.86. The summed E-state index contributed by atoms with van der Waals surface area (Å²) in [6.45, 7) is -0.468. The zero-order valence-electron chi connectivity index (χ0n) is 6.27. The molecule has 0 saturated heterocycles. The Morgan fingerprint density at radius 1 is 0.909 bits per heavy atom. The molecular formula is C6H14O4Si. The van der Waals surface area contributed by atoms with Crippen LogP contribution in [0, 0.1) is 0 Å². The predicted molar refractivity (Wildman–Crippen MR) is 41.6 cm³/mol. The minimum Gasteiger partial charge on any atom is -0.394 e. The fourth-order valence-electron chi connectivity index (χ4n) is 0.546. The maximum Gasteiger partial charge on any atom is 0.0743 e. The van der Waals surface area contributed by atoms with E-state index in [4.69, 9.17) is 20.4 Å². The van der Waals surface area contributed by atoms with Gasteiger partial charge in [-0.3, -0.25) is 0 Å². The van der Waals surface area contributed by atoms with Crippen LogP contribution in [0.1, 0.15) is 0 Å². The second-order valence-electron chi connectivity index (χ2n) is 2.33. The lowest BCUT2D eigenvalue weighted by atomic mass is 10.4. The summed E-state index contributed by atoms with van der Waals surface area (Å²) < 4.78 is 0. The van der Waals surface area contributed by atoms with Crippen molar-refractivity contribution in [3.8, 4) is 0 Å². The zero-order valence-corrected chi connectivity index (χ0v) is 7.27. The van der Waals surface area contributed by atoms with E-state index in [-0.39, 0.29) is 13.2 Å². The summed E-state index contributed by atoms with van der Waals surface area (Å²) in [4.78, 5) is 0. The summed E-state index contributed by atoms with van der Waals surface area (Å²) >= 11 is 0. The van der Waals surface area contributed by atoms with Gasteiger partial charge < -0.3 is 20.4 Å². The minimum absolute atomic E-state index is 0.234. The fourth-order valence-corrected chi connectivity index (χ4v) is 1.64. The van der Waals surface area contributed by atoms with Crippen LogP contribution in [0.3, 0.4) is 0 Å². The lowest BCUT2D eigenvalue weighted by Crippen LogP contribution is -2.19. The Morgan fingerprint density at radius 3 is 1.55 bits per heavy atom. The molecule has 0 aliphatic heterocycles. The highest BCUT2D eigenvalue weighted by Crippen LogP contribution is 1.96. The standard InChI is InChI=1S/C6H14O4Si/c7-1-5(9)3-11-4-6(10)2-8/h5-10H,1-4H2. The van der Waals surface area contributed by atoms with Crippen molar-refractivity contribution in [2.75, 3.05) is 13.2 Å². The van der Waals surface area contributed by atoms with E-state index in [9.17, 15) is 0 Å². The van der Waals surface area contributed by atoms with Crippen LogP contribution in [-0.2, 0) is 0 Å². The average molecular weight is 178 g/mol. The van der Waals surface area contributed by atoms with E-state index >= 15 is 0 Å². The first-order valence-corrected chi connectivity index (χ1v) is 4.90. The van der Waals surface area contributed by atoms with Crippen molar-refractivity contribution < 1.29 is 20.4 Å². The van der Waals surface area contributed by atoms with Gasteiger partial charge in [0.2, 0.25) is 0 Å². The molecule has 0 rings (SSSR count). The summed E-state index contributed by atoms with van der Waals surface area (Å²) in [7, 11) is 0.387. The van der Waals surface area contributed by atoms with E-state index in [2.05, 4.69) is 0 Å². The van der Waals surface area contributed by atoms with Crippen LogP contribution in [0.15, 0.2) is 0 Å². The van der Waals surface area contributed by atoms with Crippen molar-refractivity contribution in [3.63, 3.8) is 0 Å². The van der Waals surface area contributed by atoms with Crippen molar-refractivity contribution >= 4 is 9.52 Å². The molecule has 66 valence electrons.